The van der Waals surface area contributed by atoms with E-state index in [1.807, 2.05) is 0 Å². The molecule has 0 radical (unpaired) electrons. The van der Waals surface area contributed by atoms with Gasteiger partial charge in [0.2, 0.25) is 0 Å². The summed E-state index contributed by atoms with van der Waals surface area (Å²) in [4.78, 5) is 2.70. The van der Waals surface area contributed by atoms with E-state index in [4.69, 9.17) is 5.73 Å². The molecule has 29 heavy (non-hydrogen) atoms. The molecule has 0 aliphatic rings. The van der Waals surface area contributed by atoms with Crippen LogP contribution in [0.1, 0.15) is 29.5 Å². The lowest BCUT2D eigenvalue weighted by atomic mass is 9.96. The van der Waals surface area contributed by atoms with Gasteiger partial charge in [-0.1, -0.05) is 0 Å². The number of nitrogens with two attached hydrogens (primary N) is 1. The van der Waals surface area contributed by atoms with Gasteiger partial charge in [0.1, 0.15) is 5.82 Å². The number of unbranched alkanes of at least 4 members (excludes halogenated alkanes) is 1. The second-order valence-corrected chi connectivity index (χ2v) is 6.67. The highest BCUT2D eigenvalue weighted by atomic mass is 19.4. The monoisotopic (exact) mass is 418 g/mol. The van der Waals surface area contributed by atoms with Crippen LogP contribution in [0.3, 0.4) is 0 Å². The molecule has 2 nitrogen and oxygen atoms in total. The first-order chi connectivity index (χ1) is 13.5. The summed E-state index contributed by atoms with van der Waals surface area (Å²) in [5.74, 6) is -0.537. The summed E-state index contributed by atoms with van der Waals surface area (Å²) >= 11 is 0. The number of halogens is 7. The van der Waals surface area contributed by atoms with Gasteiger partial charge in [-0.25, -0.2) is 4.39 Å². The van der Waals surface area contributed by atoms with Gasteiger partial charge in [-0.3, -0.25) is 0 Å². The van der Waals surface area contributed by atoms with E-state index < -0.39 is 29.3 Å². The minimum absolute atomic E-state index is 0.136. The quantitative estimate of drug-likeness (QED) is 0.371. The molecule has 0 spiro atoms. The third kappa shape index (κ3) is 4.39. The molecule has 0 aliphatic heterocycles. The Morgan fingerprint density at radius 3 is 2.07 bits per heavy atom. The van der Waals surface area contributed by atoms with E-state index in [1.54, 1.807) is 0 Å². The van der Waals surface area contributed by atoms with Gasteiger partial charge in [0, 0.05) is 16.6 Å². The molecule has 0 unspecified atom stereocenters. The lowest BCUT2D eigenvalue weighted by molar-refractivity contribution is -0.142. The zero-order chi connectivity index (χ0) is 21.4. The fourth-order valence-electron chi connectivity index (χ4n) is 3.35. The molecule has 0 fully saturated rings. The van der Waals surface area contributed by atoms with Crippen LogP contribution in [0.4, 0.5) is 30.7 Å². The van der Waals surface area contributed by atoms with Gasteiger partial charge in [-0.2, -0.15) is 26.3 Å². The predicted molar refractivity (Wildman–Crippen MR) is 95.7 cm³/mol. The van der Waals surface area contributed by atoms with Crippen LogP contribution in [0.25, 0.3) is 22.2 Å². The number of nitrogens with one attached hydrogen (secondary N) is 1. The Morgan fingerprint density at radius 1 is 0.862 bits per heavy atom. The van der Waals surface area contributed by atoms with E-state index in [-0.39, 0.29) is 34.6 Å². The van der Waals surface area contributed by atoms with Crippen molar-refractivity contribution < 1.29 is 30.7 Å². The van der Waals surface area contributed by atoms with E-state index in [0.29, 0.717) is 31.0 Å². The Kier molecular flexibility index (Phi) is 5.62. The number of fused-ring (bicyclic) bond motifs is 1. The zero-order valence-electron chi connectivity index (χ0n) is 15.0. The van der Waals surface area contributed by atoms with Crippen molar-refractivity contribution in [2.75, 3.05) is 6.54 Å². The lowest BCUT2D eigenvalue weighted by Gasteiger charge is -2.14. The molecule has 3 N–H and O–H groups in total. The van der Waals surface area contributed by atoms with Crippen LogP contribution in [0.5, 0.6) is 0 Å². The van der Waals surface area contributed by atoms with Crippen molar-refractivity contribution in [1.29, 1.82) is 0 Å². The Labute approximate surface area is 161 Å². The molecule has 0 saturated carbocycles. The van der Waals surface area contributed by atoms with Crippen LogP contribution in [-0.2, 0) is 18.8 Å². The average Bonchev–Trinajstić information content (AvgIpc) is 2.99. The third-order valence-electron chi connectivity index (χ3n) is 4.65. The molecular formula is C20H17F7N2. The van der Waals surface area contributed by atoms with Gasteiger partial charge in [0.05, 0.1) is 11.1 Å². The molecular weight excluding hydrogens is 401 g/mol. The minimum atomic E-state index is -4.98. The number of rotatable bonds is 5. The Bertz CT molecular complexity index is 999. The third-order valence-corrected chi connectivity index (χ3v) is 4.65. The first-order valence-corrected chi connectivity index (χ1v) is 8.81. The van der Waals surface area contributed by atoms with Gasteiger partial charge < -0.3 is 10.7 Å². The number of alkyl halides is 6. The average molecular weight is 418 g/mol. The fraction of sp³-hybridized carbons (Fsp3) is 0.300. The zero-order valence-corrected chi connectivity index (χ0v) is 15.0. The van der Waals surface area contributed by atoms with Crippen LogP contribution in [-0.4, -0.2) is 11.5 Å². The standard InChI is InChI=1S/C20H17F7N2/c21-13-6-4-11(5-7-13)18-14(3-1-2-8-28)17-15(20(25,26)27)9-12(19(22,23)24)10-16(17)29-18/h4-7,9-10,29H,1-3,8,28H2. The summed E-state index contributed by atoms with van der Waals surface area (Å²) in [6.45, 7) is 0.332. The SMILES string of the molecule is NCCCCc1c(-c2ccc(F)cc2)[nH]c2cc(C(F)(F)F)cc(C(F)(F)F)c12. The minimum Gasteiger partial charge on any atom is -0.354 e. The predicted octanol–water partition coefficient (Wildman–Crippen LogP) is 6.29. The Balaban J connectivity index is 2.32. The van der Waals surface area contributed by atoms with Crippen LogP contribution < -0.4 is 5.73 Å². The second-order valence-electron chi connectivity index (χ2n) is 6.67. The summed E-state index contributed by atoms with van der Waals surface area (Å²) in [5.41, 5.74) is 3.30. The van der Waals surface area contributed by atoms with E-state index in [9.17, 15) is 30.7 Å². The molecule has 0 bridgehead atoms. The first-order valence-electron chi connectivity index (χ1n) is 8.81. The maximum Gasteiger partial charge on any atom is 0.417 e. The molecule has 1 aromatic heterocycles. The van der Waals surface area contributed by atoms with Crippen molar-refractivity contribution in [1.82, 2.24) is 4.98 Å². The molecule has 3 rings (SSSR count). The maximum absolute atomic E-state index is 13.7. The highest BCUT2D eigenvalue weighted by Gasteiger charge is 2.39. The van der Waals surface area contributed by atoms with Crippen molar-refractivity contribution in [2.45, 2.75) is 31.6 Å². The summed E-state index contributed by atoms with van der Waals surface area (Å²) in [6, 6.07) is 5.81. The molecule has 2 aromatic carbocycles. The van der Waals surface area contributed by atoms with Crippen molar-refractivity contribution >= 4 is 10.9 Å². The van der Waals surface area contributed by atoms with Gasteiger partial charge in [-0.15, -0.1) is 0 Å². The van der Waals surface area contributed by atoms with Gasteiger partial charge in [0.15, 0.2) is 0 Å². The van der Waals surface area contributed by atoms with Crippen molar-refractivity contribution in [3.8, 4) is 11.3 Å². The smallest absolute Gasteiger partial charge is 0.354 e. The first kappa shape index (κ1) is 21.2. The van der Waals surface area contributed by atoms with Crippen LogP contribution >= 0.6 is 0 Å². The van der Waals surface area contributed by atoms with Crippen LogP contribution in [0.2, 0.25) is 0 Å². The van der Waals surface area contributed by atoms with Gasteiger partial charge in [0.25, 0.3) is 0 Å². The Morgan fingerprint density at radius 2 is 1.52 bits per heavy atom. The fourth-order valence-corrected chi connectivity index (χ4v) is 3.35. The van der Waals surface area contributed by atoms with E-state index in [1.165, 1.54) is 12.1 Å². The van der Waals surface area contributed by atoms with Crippen molar-refractivity contribution in [3.05, 3.63) is 58.9 Å². The summed E-state index contributed by atoms with van der Waals surface area (Å²) in [6.07, 6.45) is -8.74. The second kappa shape index (κ2) is 7.70. The number of H-pyrrole nitrogens is 1. The van der Waals surface area contributed by atoms with E-state index in [2.05, 4.69) is 4.98 Å². The number of aromatic amines is 1. The number of hydrogen-bond acceptors (Lipinski definition) is 1. The molecule has 3 aromatic rings. The molecule has 156 valence electrons. The highest BCUT2D eigenvalue weighted by molar-refractivity contribution is 5.94. The summed E-state index contributed by atoms with van der Waals surface area (Å²) in [7, 11) is 0. The summed E-state index contributed by atoms with van der Waals surface area (Å²) < 4.78 is 93.8. The van der Waals surface area contributed by atoms with Crippen molar-refractivity contribution in [3.63, 3.8) is 0 Å². The topological polar surface area (TPSA) is 41.8 Å². The molecule has 0 aliphatic carbocycles. The van der Waals surface area contributed by atoms with E-state index in [0.717, 1.165) is 12.1 Å². The summed E-state index contributed by atoms with van der Waals surface area (Å²) in [5, 5.41) is -0.304. The van der Waals surface area contributed by atoms with Crippen LogP contribution in [0.15, 0.2) is 36.4 Å². The molecule has 0 atom stereocenters. The normalized spacial score (nSPS) is 12.7. The molecule has 1 heterocycles. The number of aromatic nitrogens is 1. The number of benzene rings is 2. The number of hydrogen-bond donors (Lipinski definition) is 2. The molecule has 9 heteroatoms. The largest absolute Gasteiger partial charge is 0.417 e. The van der Waals surface area contributed by atoms with Gasteiger partial charge >= 0.3 is 12.4 Å². The maximum atomic E-state index is 13.7. The highest BCUT2D eigenvalue weighted by Crippen LogP contribution is 2.43. The molecule has 0 amide bonds. The van der Waals surface area contributed by atoms with Gasteiger partial charge in [-0.05, 0) is 73.3 Å². The van der Waals surface area contributed by atoms with Crippen molar-refractivity contribution in [2.24, 2.45) is 5.73 Å². The molecule has 0 saturated heterocycles. The van der Waals surface area contributed by atoms with Crippen LogP contribution in [0, 0.1) is 5.82 Å². The van der Waals surface area contributed by atoms with E-state index >= 15 is 0 Å². The lowest BCUT2D eigenvalue weighted by Crippen LogP contribution is -2.11. The Hall–Kier alpha value is -2.55. The number of aryl methyl sites for hydroxylation is 1.